The molecule has 0 spiro atoms. The highest BCUT2D eigenvalue weighted by Gasteiger charge is 2.20. The van der Waals surface area contributed by atoms with E-state index in [2.05, 4.69) is 20.7 Å². The minimum absolute atomic E-state index is 0.192. The van der Waals surface area contributed by atoms with Crippen molar-refractivity contribution in [3.63, 3.8) is 0 Å². The van der Waals surface area contributed by atoms with Gasteiger partial charge in [-0.05, 0) is 44.9 Å². The van der Waals surface area contributed by atoms with Crippen LogP contribution in [0.25, 0.3) is 11.0 Å². The Morgan fingerprint density at radius 3 is 2.70 bits per heavy atom. The first-order valence-electron chi connectivity index (χ1n) is 7.40. The third-order valence-corrected chi connectivity index (χ3v) is 3.15. The van der Waals surface area contributed by atoms with Gasteiger partial charge in [0.25, 0.3) is 0 Å². The first-order valence-corrected chi connectivity index (χ1v) is 7.40. The Balaban J connectivity index is 1.85. The number of benzene rings is 1. The lowest BCUT2D eigenvalue weighted by atomic mass is 10.0. The molecule has 0 fully saturated rings. The number of carbonyl (C=O) groups excluding carboxylic acids is 1. The Hall–Kier alpha value is -2.19. The van der Waals surface area contributed by atoms with E-state index >= 15 is 0 Å². The summed E-state index contributed by atoms with van der Waals surface area (Å²) < 4.78 is 5.09. The number of carbonyl (C=O) groups is 1. The number of rotatable bonds is 5. The van der Waals surface area contributed by atoms with E-state index in [-0.39, 0.29) is 13.0 Å². The first kappa shape index (κ1) is 17.2. The average Bonchev–Trinajstić information content (AvgIpc) is 2.91. The van der Waals surface area contributed by atoms with Crippen molar-refractivity contribution >= 4 is 17.1 Å². The average molecular weight is 322 g/mol. The fourth-order valence-electron chi connectivity index (χ4n) is 2.06. The van der Waals surface area contributed by atoms with Gasteiger partial charge in [-0.3, -0.25) is 0 Å². The van der Waals surface area contributed by atoms with Crippen molar-refractivity contribution in [1.29, 1.82) is 0 Å². The summed E-state index contributed by atoms with van der Waals surface area (Å²) in [4.78, 5) is 11.5. The van der Waals surface area contributed by atoms with Crippen LogP contribution in [0, 0.1) is 0 Å². The SMILES string of the molecule is CC(C)(C)OC(=O)NCCC(O)C(O)c1ccc2n[nH]nc2c1. The fourth-order valence-corrected chi connectivity index (χ4v) is 2.06. The number of aromatic nitrogens is 3. The highest BCUT2D eigenvalue weighted by atomic mass is 16.6. The molecule has 8 nitrogen and oxygen atoms in total. The molecule has 1 aromatic carbocycles. The summed E-state index contributed by atoms with van der Waals surface area (Å²) in [7, 11) is 0. The van der Waals surface area contributed by atoms with E-state index < -0.39 is 23.9 Å². The number of alkyl carbamates (subject to hydrolysis) is 1. The standard InChI is InChI=1S/C15H22N4O4/c1-15(2,3)23-14(22)16-7-6-12(20)13(21)9-4-5-10-11(8-9)18-19-17-10/h4-5,8,12-13,20-21H,6-7H2,1-3H3,(H,16,22)(H,17,18,19). The van der Waals surface area contributed by atoms with E-state index in [0.29, 0.717) is 16.6 Å². The molecule has 126 valence electrons. The molecule has 0 bridgehead atoms. The number of fused-ring (bicyclic) bond motifs is 1. The van der Waals surface area contributed by atoms with Crippen molar-refractivity contribution in [3.8, 4) is 0 Å². The van der Waals surface area contributed by atoms with Crippen LogP contribution >= 0.6 is 0 Å². The smallest absolute Gasteiger partial charge is 0.407 e. The van der Waals surface area contributed by atoms with Gasteiger partial charge in [-0.2, -0.15) is 15.4 Å². The quantitative estimate of drug-likeness (QED) is 0.658. The Morgan fingerprint density at radius 1 is 1.30 bits per heavy atom. The molecule has 4 N–H and O–H groups in total. The molecule has 1 heterocycles. The predicted octanol–water partition coefficient (Wildman–Crippen LogP) is 1.27. The number of hydrogen-bond acceptors (Lipinski definition) is 6. The van der Waals surface area contributed by atoms with Gasteiger partial charge < -0.3 is 20.3 Å². The second-order valence-electron chi connectivity index (χ2n) is 6.30. The van der Waals surface area contributed by atoms with Crippen LogP contribution < -0.4 is 5.32 Å². The molecule has 2 atom stereocenters. The number of nitrogens with zero attached hydrogens (tertiary/aromatic N) is 2. The van der Waals surface area contributed by atoms with E-state index in [1.54, 1.807) is 39.0 Å². The van der Waals surface area contributed by atoms with Crippen LogP contribution in [0.5, 0.6) is 0 Å². The number of amides is 1. The van der Waals surface area contributed by atoms with Crippen LogP contribution in [0.15, 0.2) is 18.2 Å². The van der Waals surface area contributed by atoms with Crippen LogP contribution in [-0.2, 0) is 4.74 Å². The second kappa shape index (κ2) is 6.93. The molecule has 2 rings (SSSR count). The molecule has 0 radical (unpaired) electrons. The molecule has 1 amide bonds. The summed E-state index contributed by atoms with van der Waals surface area (Å²) in [6, 6.07) is 5.05. The van der Waals surface area contributed by atoms with Crippen LogP contribution in [0.4, 0.5) is 4.79 Å². The topological polar surface area (TPSA) is 120 Å². The number of H-pyrrole nitrogens is 1. The maximum Gasteiger partial charge on any atom is 0.407 e. The van der Waals surface area contributed by atoms with E-state index in [4.69, 9.17) is 4.74 Å². The van der Waals surface area contributed by atoms with Crippen molar-refractivity contribution < 1.29 is 19.7 Å². The Kier molecular flexibility index (Phi) is 5.17. The predicted molar refractivity (Wildman–Crippen MR) is 83.7 cm³/mol. The summed E-state index contributed by atoms with van der Waals surface area (Å²) in [5.74, 6) is 0. The number of hydrogen-bond donors (Lipinski definition) is 4. The van der Waals surface area contributed by atoms with Crippen molar-refractivity contribution in [2.45, 2.75) is 45.0 Å². The van der Waals surface area contributed by atoms with Gasteiger partial charge in [0.15, 0.2) is 0 Å². The van der Waals surface area contributed by atoms with Gasteiger partial charge in [-0.25, -0.2) is 4.79 Å². The van der Waals surface area contributed by atoms with Gasteiger partial charge in [0.05, 0.1) is 6.10 Å². The molecule has 8 heteroatoms. The van der Waals surface area contributed by atoms with Crippen LogP contribution in [-0.4, -0.2) is 50.0 Å². The van der Waals surface area contributed by atoms with E-state index in [1.807, 2.05) is 0 Å². The highest BCUT2D eigenvalue weighted by molar-refractivity contribution is 5.74. The lowest BCUT2D eigenvalue weighted by Crippen LogP contribution is -2.34. The minimum atomic E-state index is -1.07. The lowest BCUT2D eigenvalue weighted by Gasteiger charge is -2.21. The third-order valence-electron chi connectivity index (χ3n) is 3.15. The molecule has 0 saturated carbocycles. The summed E-state index contributed by atoms with van der Waals surface area (Å²) in [6.07, 6.45) is -2.45. The van der Waals surface area contributed by atoms with Crippen molar-refractivity contribution in [3.05, 3.63) is 23.8 Å². The van der Waals surface area contributed by atoms with Crippen LogP contribution in [0.2, 0.25) is 0 Å². The number of ether oxygens (including phenoxy) is 1. The largest absolute Gasteiger partial charge is 0.444 e. The molecule has 2 unspecified atom stereocenters. The van der Waals surface area contributed by atoms with E-state index in [1.165, 1.54) is 0 Å². The summed E-state index contributed by atoms with van der Waals surface area (Å²) in [5, 5.41) is 33.1. The Labute approximate surface area is 133 Å². The Bertz CT molecular complexity index is 665. The van der Waals surface area contributed by atoms with Gasteiger partial charge in [0.2, 0.25) is 0 Å². The van der Waals surface area contributed by atoms with Crippen molar-refractivity contribution in [2.75, 3.05) is 6.54 Å². The molecule has 0 aliphatic rings. The second-order valence-corrected chi connectivity index (χ2v) is 6.30. The lowest BCUT2D eigenvalue weighted by molar-refractivity contribution is 0.0124. The Morgan fingerprint density at radius 2 is 2.00 bits per heavy atom. The zero-order chi connectivity index (χ0) is 17.0. The minimum Gasteiger partial charge on any atom is -0.444 e. The van der Waals surface area contributed by atoms with E-state index in [9.17, 15) is 15.0 Å². The van der Waals surface area contributed by atoms with Gasteiger partial charge >= 0.3 is 6.09 Å². The monoisotopic (exact) mass is 322 g/mol. The van der Waals surface area contributed by atoms with Gasteiger partial charge in [-0.15, -0.1) is 0 Å². The molecule has 23 heavy (non-hydrogen) atoms. The van der Waals surface area contributed by atoms with Crippen LogP contribution in [0.3, 0.4) is 0 Å². The molecule has 0 aliphatic heterocycles. The number of aromatic amines is 1. The zero-order valence-electron chi connectivity index (χ0n) is 13.4. The molecule has 0 saturated heterocycles. The molecule has 1 aromatic heterocycles. The normalized spacial score (nSPS) is 14.5. The highest BCUT2D eigenvalue weighted by Crippen LogP contribution is 2.21. The molecular weight excluding hydrogens is 300 g/mol. The fraction of sp³-hybridized carbons (Fsp3) is 0.533. The number of aliphatic hydroxyl groups is 2. The number of nitrogens with one attached hydrogen (secondary N) is 2. The van der Waals surface area contributed by atoms with Crippen molar-refractivity contribution in [2.24, 2.45) is 0 Å². The molecule has 0 aliphatic carbocycles. The zero-order valence-corrected chi connectivity index (χ0v) is 13.4. The first-order chi connectivity index (χ1) is 10.8. The number of aliphatic hydroxyl groups excluding tert-OH is 2. The van der Waals surface area contributed by atoms with Gasteiger partial charge in [0, 0.05) is 6.54 Å². The van der Waals surface area contributed by atoms with Gasteiger partial charge in [-0.1, -0.05) is 6.07 Å². The maximum atomic E-state index is 11.5. The summed E-state index contributed by atoms with van der Waals surface area (Å²) in [6.45, 7) is 5.50. The molecule has 2 aromatic rings. The van der Waals surface area contributed by atoms with Crippen LogP contribution in [0.1, 0.15) is 38.9 Å². The van der Waals surface area contributed by atoms with Gasteiger partial charge in [0.1, 0.15) is 22.7 Å². The maximum absolute atomic E-state index is 11.5. The third kappa shape index (κ3) is 4.90. The molecular formula is C15H22N4O4. The van der Waals surface area contributed by atoms with Crippen molar-refractivity contribution in [1.82, 2.24) is 20.7 Å². The van der Waals surface area contributed by atoms with E-state index in [0.717, 1.165) is 0 Å². The summed E-state index contributed by atoms with van der Waals surface area (Å²) >= 11 is 0. The summed E-state index contributed by atoms with van der Waals surface area (Å²) in [5.41, 5.74) is 1.26.